The highest BCUT2D eigenvalue weighted by Gasteiger charge is 2.29. The van der Waals surface area contributed by atoms with E-state index in [1.165, 1.54) is 18.1 Å². The number of benzene rings is 3. The first-order chi connectivity index (χ1) is 18.9. The molecule has 0 radical (unpaired) electrons. The van der Waals surface area contributed by atoms with E-state index in [0.29, 0.717) is 52.2 Å². The summed E-state index contributed by atoms with van der Waals surface area (Å²) in [5.41, 5.74) is 5.53. The Morgan fingerprint density at radius 2 is 1.64 bits per heavy atom. The predicted molar refractivity (Wildman–Crippen MR) is 154 cm³/mol. The van der Waals surface area contributed by atoms with E-state index in [2.05, 4.69) is 18.2 Å². The van der Waals surface area contributed by atoms with E-state index in [1.54, 1.807) is 27.8 Å². The van der Waals surface area contributed by atoms with Crippen molar-refractivity contribution in [2.24, 2.45) is 0 Å². The van der Waals surface area contributed by atoms with Gasteiger partial charge in [-0.1, -0.05) is 83.9 Å². The highest BCUT2D eigenvalue weighted by Crippen LogP contribution is 2.34. The van der Waals surface area contributed by atoms with E-state index in [4.69, 9.17) is 33.0 Å². The third-order valence-corrected chi connectivity index (χ3v) is 7.25. The fourth-order valence-electron chi connectivity index (χ4n) is 4.78. The molecular formula is C31H27Cl2N3O3. The third kappa shape index (κ3) is 5.92. The van der Waals surface area contributed by atoms with Gasteiger partial charge in [0.1, 0.15) is 0 Å². The number of carbonyl (C=O) groups excluding carboxylic acids is 2. The number of esters is 1. The number of ether oxygens (including phenoxy) is 1. The van der Waals surface area contributed by atoms with E-state index in [9.17, 15) is 9.59 Å². The zero-order valence-corrected chi connectivity index (χ0v) is 23.0. The lowest BCUT2D eigenvalue weighted by atomic mass is 9.98. The van der Waals surface area contributed by atoms with Crippen molar-refractivity contribution in [3.05, 3.63) is 112 Å². The minimum absolute atomic E-state index is 0.114. The second-order valence-corrected chi connectivity index (χ2v) is 10.1. The zero-order valence-electron chi connectivity index (χ0n) is 21.4. The Labute approximate surface area is 237 Å². The molecule has 0 spiro atoms. The van der Waals surface area contributed by atoms with Gasteiger partial charge in [-0.05, 0) is 41.8 Å². The van der Waals surface area contributed by atoms with Gasteiger partial charge in [-0.3, -0.25) is 9.59 Å². The van der Waals surface area contributed by atoms with Gasteiger partial charge in [0.25, 0.3) is 5.91 Å². The average molecular weight is 560 g/mol. The summed E-state index contributed by atoms with van der Waals surface area (Å²) < 4.78 is 6.99. The Hall–Kier alpha value is -3.87. The normalized spacial score (nSPS) is 13.2. The molecule has 1 aromatic heterocycles. The molecule has 198 valence electrons. The molecule has 2 heterocycles. The molecule has 5 rings (SSSR count). The number of carbonyl (C=O) groups is 2. The smallest absolute Gasteiger partial charge is 0.302 e. The SMILES string of the molecule is CC(=O)OCCc1c(C(=O)N2CC=C(c3ccccc3)CC2)nn(-c2ccccc2Cl)c1-c1ccc(Cl)cc1. The largest absolute Gasteiger partial charge is 0.466 e. The maximum atomic E-state index is 14.0. The van der Waals surface area contributed by atoms with Gasteiger partial charge in [0.15, 0.2) is 5.69 Å². The molecule has 39 heavy (non-hydrogen) atoms. The molecule has 1 amide bonds. The number of amides is 1. The predicted octanol–water partition coefficient (Wildman–Crippen LogP) is 6.88. The number of halogens is 2. The Kier molecular flexibility index (Phi) is 8.15. The fraction of sp³-hybridized carbons (Fsp3) is 0.194. The van der Waals surface area contributed by atoms with Crippen LogP contribution < -0.4 is 0 Å². The van der Waals surface area contributed by atoms with Crippen molar-refractivity contribution >= 4 is 40.7 Å². The number of para-hydroxylation sites is 1. The van der Waals surface area contributed by atoms with E-state index in [1.807, 2.05) is 48.5 Å². The minimum atomic E-state index is -0.385. The van der Waals surface area contributed by atoms with E-state index < -0.39 is 0 Å². The van der Waals surface area contributed by atoms with Gasteiger partial charge in [0, 0.05) is 42.6 Å². The molecule has 0 saturated carbocycles. The second-order valence-electron chi connectivity index (χ2n) is 9.23. The van der Waals surface area contributed by atoms with Crippen LogP contribution in [0.4, 0.5) is 0 Å². The molecule has 0 N–H and O–H groups in total. The summed E-state index contributed by atoms with van der Waals surface area (Å²) in [6, 6.07) is 24.9. The summed E-state index contributed by atoms with van der Waals surface area (Å²) in [5, 5.41) is 5.92. The van der Waals surface area contributed by atoms with Gasteiger partial charge >= 0.3 is 5.97 Å². The van der Waals surface area contributed by atoms with Crippen LogP contribution in [0.15, 0.2) is 84.9 Å². The summed E-state index contributed by atoms with van der Waals surface area (Å²) in [7, 11) is 0. The summed E-state index contributed by atoms with van der Waals surface area (Å²) >= 11 is 12.8. The van der Waals surface area contributed by atoms with Crippen LogP contribution in [0, 0.1) is 0 Å². The number of nitrogens with zero attached hydrogens (tertiary/aromatic N) is 3. The Balaban J connectivity index is 1.59. The first-order valence-electron chi connectivity index (χ1n) is 12.7. The lowest BCUT2D eigenvalue weighted by Crippen LogP contribution is -2.35. The molecule has 0 unspecified atom stereocenters. The van der Waals surface area contributed by atoms with Gasteiger partial charge in [0.05, 0.1) is 23.0 Å². The van der Waals surface area contributed by atoms with E-state index >= 15 is 0 Å². The first kappa shape index (κ1) is 26.7. The second kappa shape index (κ2) is 11.9. The fourth-order valence-corrected chi connectivity index (χ4v) is 5.12. The molecule has 6 nitrogen and oxygen atoms in total. The van der Waals surface area contributed by atoms with Crippen molar-refractivity contribution in [2.75, 3.05) is 19.7 Å². The van der Waals surface area contributed by atoms with Crippen LogP contribution in [0.3, 0.4) is 0 Å². The maximum absolute atomic E-state index is 14.0. The number of hydrogen-bond acceptors (Lipinski definition) is 4. The molecule has 8 heteroatoms. The van der Waals surface area contributed by atoms with Gasteiger partial charge in [-0.25, -0.2) is 4.68 Å². The molecule has 1 aliphatic heterocycles. The van der Waals surface area contributed by atoms with Crippen LogP contribution in [0.1, 0.15) is 35.0 Å². The van der Waals surface area contributed by atoms with Gasteiger partial charge in [-0.15, -0.1) is 0 Å². The van der Waals surface area contributed by atoms with Crippen LogP contribution in [0.2, 0.25) is 10.0 Å². The zero-order chi connectivity index (χ0) is 27.4. The van der Waals surface area contributed by atoms with Gasteiger partial charge in [-0.2, -0.15) is 5.10 Å². The monoisotopic (exact) mass is 559 g/mol. The van der Waals surface area contributed by atoms with Crippen molar-refractivity contribution in [1.82, 2.24) is 14.7 Å². The first-order valence-corrected chi connectivity index (χ1v) is 13.5. The summed E-state index contributed by atoms with van der Waals surface area (Å²) in [6.45, 7) is 2.52. The number of hydrogen-bond donors (Lipinski definition) is 0. The number of rotatable bonds is 7. The van der Waals surface area contributed by atoms with Crippen LogP contribution in [0.25, 0.3) is 22.5 Å². The molecule has 0 atom stereocenters. The topological polar surface area (TPSA) is 64.4 Å². The Morgan fingerprint density at radius 1 is 0.923 bits per heavy atom. The minimum Gasteiger partial charge on any atom is -0.466 e. The Bertz CT molecular complexity index is 1530. The highest BCUT2D eigenvalue weighted by atomic mass is 35.5. The van der Waals surface area contributed by atoms with E-state index in [0.717, 1.165) is 12.0 Å². The lowest BCUT2D eigenvalue weighted by Gasteiger charge is -2.26. The van der Waals surface area contributed by atoms with E-state index in [-0.39, 0.29) is 18.5 Å². The van der Waals surface area contributed by atoms with Crippen molar-refractivity contribution in [2.45, 2.75) is 19.8 Å². The summed E-state index contributed by atoms with van der Waals surface area (Å²) in [4.78, 5) is 27.3. The molecular weight excluding hydrogens is 533 g/mol. The van der Waals surface area contributed by atoms with Gasteiger partial charge in [0.2, 0.25) is 0 Å². The van der Waals surface area contributed by atoms with Crippen molar-refractivity contribution < 1.29 is 14.3 Å². The molecule has 3 aromatic carbocycles. The number of aromatic nitrogens is 2. The Morgan fingerprint density at radius 3 is 2.31 bits per heavy atom. The van der Waals surface area contributed by atoms with Crippen LogP contribution >= 0.6 is 23.2 Å². The van der Waals surface area contributed by atoms with Crippen LogP contribution in [0.5, 0.6) is 0 Å². The average Bonchev–Trinajstić information content (AvgIpc) is 3.32. The third-order valence-electron chi connectivity index (χ3n) is 6.68. The standard InChI is InChI=1S/C31H27Cl2N3O3/c1-21(37)39-20-17-26-29(31(38)35-18-15-23(16-19-35)22-7-3-2-4-8-22)34-36(28-10-6-5-9-27(28)33)30(26)24-11-13-25(32)14-12-24/h2-15H,16-20H2,1H3. The molecule has 0 aliphatic carbocycles. The van der Waals surface area contributed by atoms with Crippen molar-refractivity contribution in [3.8, 4) is 16.9 Å². The van der Waals surface area contributed by atoms with Gasteiger partial charge < -0.3 is 9.64 Å². The van der Waals surface area contributed by atoms with Crippen molar-refractivity contribution in [1.29, 1.82) is 0 Å². The molecule has 4 aromatic rings. The highest BCUT2D eigenvalue weighted by molar-refractivity contribution is 6.32. The molecule has 1 aliphatic rings. The van der Waals surface area contributed by atoms with Crippen LogP contribution in [-0.2, 0) is 16.0 Å². The summed E-state index contributed by atoms with van der Waals surface area (Å²) in [6.07, 6.45) is 3.15. The lowest BCUT2D eigenvalue weighted by molar-refractivity contribution is -0.140. The molecule has 0 saturated heterocycles. The summed E-state index contributed by atoms with van der Waals surface area (Å²) in [5.74, 6) is -0.568. The maximum Gasteiger partial charge on any atom is 0.302 e. The molecule has 0 fully saturated rings. The molecule has 0 bridgehead atoms. The van der Waals surface area contributed by atoms with Crippen LogP contribution in [-0.4, -0.2) is 46.3 Å². The van der Waals surface area contributed by atoms with Crippen molar-refractivity contribution in [3.63, 3.8) is 0 Å². The quantitative estimate of drug-likeness (QED) is 0.231.